The van der Waals surface area contributed by atoms with Crippen LogP contribution < -0.4 is 0 Å². The summed E-state index contributed by atoms with van der Waals surface area (Å²) in [6, 6.07) is 4.82. The molecule has 0 bridgehead atoms. The van der Waals surface area contributed by atoms with Gasteiger partial charge in [-0.15, -0.1) is 0 Å². The Hall–Kier alpha value is -1.59. The van der Waals surface area contributed by atoms with Crippen LogP contribution >= 0.6 is 23.2 Å². The molecular formula is C17H20Cl2N2O3. The lowest BCUT2D eigenvalue weighted by Crippen LogP contribution is -2.37. The Kier molecular flexibility index (Phi) is 6.63. The van der Waals surface area contributed by atoms with Crippen LogP contribution in [0.3, 0.4) is 0 Å². The molecule has 0 saturated carbocycles. The topological polar surface area (TPSA) is 57.7 Å². The summed E-state index contributed by atoms with van der Waals surface area (Å²) in [5.74, 6) is -0.143. The second-order valence-corrected chi connectivity index (χ2v) is 6.67. The largest absolute Gasteiger partial charge is 0.341 e. The summed E-state index contributed by atoms with van der Waals surface area (Å²) in [6.45, 7) is 3.60. The Labute approximate surface area is 151 Å². The molecule has 5 nitrogen and oxygen atoms in total. The third-order valence-electron chi connectivity index (χ3n) is 3.99. The van der Waals surface area contributed by atoms with Crippen molar-refractivity contribution < 1.29 is 14.4 Å². The van der Waals surface area contributed by atoms with Crippen molar-refractivity contribution in [2.45, 2.75) is 26.2 Å². The van der Waals surface area contributed by atoms with Gasteiger partial charge < -0.3 is 14.6 Å². The van der Waals surface area contributed by atoms with Crippen molar-refractivity contribution in [1.29, 1.82) is 0 Å². The number of amides is 2. The van der Waals surface area contributed by atoms with Gasteiger partial charge in [0, 0.05) is 44.6 Å². The summed E-state index contributed by atoms with van der Waals surface area (Å²) in [7, 11) is 0. The number of Topliss-reactive ketones (excluding diaryl/α,β-unsaturated/α-hetero) is 1. The first-order valence-corrected chi connectivity index (χ1v) is 8.65. The molecular weight excluding hydrogens is 351 g/mol. The van der Waals surface area contributed by atoms with E-state index >= 15 is 0 Å². The maximum absolute atomic E-state index is 12.6. The zero-order valence-electron chi connectivity index (χ0n) is 13.6. The van der Waals surface area contributed by atoms with Crippen molar-refractivity contribution in [2.75, 3.05) is 26.2 Å². The van der Waals surface area contributed by atoms with Gasteiger partial charge in [0.2, 0.25) is 5.91 Å². The number of nitrogens with zero attached hydrogens (tertiary/aromatic N) is 2. The lowest BCUT2D eigenvalue weighted by molar-refractivity contribution is -0.132. The van der Waals surface area contributed by atoms with Gasteiger partial charge in [-0.1, -0.05) is 23.2 Å². The maximum atomic E-state index is 12.6. The minimum Gasteiger partial charge on any atom is -0.341 e. The molecule has 0 N–H and O–H groups in total. The molecule has 0 atom stereocenters. The van der Waals surface area contributed by atoms with E-state index in [1.165, 1.54) is 6.92 Å². The average Bonchev–Trinajstić information content (AvgIpc) is 2.80. The van der Waals surface area contributed by atoms with E-state index in [-0.39, 0.29) is 30.4 Å². The minimum absolute atomic E-state index is 0.00888. The van der Waals surface area contributed by atoms with Gasteiger partial charge in [-0.3, -0.25) is 9.59 Å². The number of ketones is 1. The van der Waals surface area contributed by atoms with Crippen LogP contribution in [0.5, 0.6) is 0 Å². The normalized spacial score (nSPS) is 15.1. The van der Waals surface area contributed by atoms with Crippen molar-refractivity contribution in [3.63, 3.8) is 0 Å². The number of benzene rings is 1. The SMILES string of the molecule is CC(=O)CCC(=O)N1CCCN(C(=O)c2ccc(Cl)c(Cl)c2)CC1. The van der Waals surface area contributed by atoms with E-state index in [9.17, 15) is 14.4 Å². The highest BCUT2D eigenvalue weighted by molar-refractivity contribution is 6.42. The summed E-state index contributed by atoms with van der Waals surface area (Å²) in [5, 5.41) is 0.754. The van der Waals surface area contributed by atoms with E-state index in [0.29, 0.717) is 48.2 Å². The molecule has 1 aliphatic rings. The summed E-state index contributed by atoms with van der Waals surface area (Å²) in [5.41, 5.74) is 0.487. The van der Waals surface area contributed by atoms with Gasteiger partial charge in [-0.2, -0.15) is 0 Å². The fraction of sp³-hybridized carbons (Fsp3) is 0.471. The molecule has 2 rings (SSSR count). The monoisotopic (exact) mass is 370 g/mol. The van der Waals surface area contributed by atoms with Gasteiger partial charge in [-0.05, 0) is 31.5 Å². The van der Waals surface area contributed by atoms with E-state index < -0.39 is 0 Å². The molecule has 24 heavy (non-hydrogen) atoms. The van der Waals surface area contributed by atoms with E-state index in [0.717, 1.165) is 0 Å². The molecule has 2 amide bonds. The fourth-order valence-electron chi connectivity index (χ4n) is 2.62. The molecule has 0 aromatic heterocycles. The molecule has 130 valence electrons. The molecule has 1 aromatic carbocycles. The Balaban J connectivity index is 1.97. The molecule has 0 radical (unpaired) electrons. The fourth-order valence-corrected chi connectivity index (χ4v) is 2.92. The van der Waals surface area contributed by atoms with Crippen LogP contribution in [-0.4, -0.2) is 53.6 Å². The quantitative estimate of drug-likeness (QED) is 0.818. The van der Waals surface area contributed by atoms with Crippen LogP contribution in [0.2, 0.25) is 10.0 Å². The van der Waals surface area contributed by atoms with Gasteiger partial charge >= 0.3 is 0 Å². The number of carbonyl (C=O) groups excluding carboxylic acids is 3. The van der Waals surface area contributed by atoms with Gasteiger partial charge in [-0.25, -0.2) is 0 Å². The van der Waals surface area contributed by atoms with E-state index in [4.69, 9.17) is 23.2 Å². The van der Waals surface area contributed by atoms with Crippen LogP contribution in [0.15, 0.2) is 18.2 Å². The van der Waals surface area contributed by atoms with Crippen LogP contribution in [0.1, 0.15) is 36.5 Å². The van der Waals surface area contributed by atoms with E-state index in [2.05, 4.69) is 0 Å². The van der Waals surface area contributed by atoms with Crippen LogP contribution in [0.25, 0.3) is 0 Å². The van der Waals surface area contributed by atoms with Crippen LogP contribution in [-0.2, 0) is 9.59 Å². The molecule has 0 unspecified atom stereocenters. The predicted octanol–water partition coefficient (Wildman–Crippen LogP) is 3.04. The molecule has 0 spiro atoms. The van der Waals surface area contributed by atoms with Gasteiger partial charge in [0.15, 0.2) is 0 Å². The molecule has 1 aliphatic heterocycles. The first-order chi connectivity index (χ1) is 11.4. The summed E-state index contributed by atoms with van der Waals surface area (Å²) < 4.78 is 0. The van der Waals surface area contributed by atoms with Crippen molar-refractivity contribution in [3.05, 3.63) is 33.8 Å². The summed E-state index contributed by atoms with van der Waals surface area (Å²) in [4.78, 5) is 39.2. The lowest BCUT2D eigenvalue weighted by atomic mass is 10.2. The Morgan fingerprint density at radius 3 is 2.29 bits per heavy atom. The number of halogens is 2. The summed E-state index contributed by atoms with van der Waals surface area (Å²) in [6.07, 6.45) is 1.20. The molecule has 1 aromatic rings. The lowest BCUT2D eigenvalue weighted by Gasteiger charge is -2.22. The third kappa shape index (κ3) is 4.95. The molecule has 1 heterocycles. The van der Waals surface area contributed by atoms with Crippen molar-refractivity contribution >= 4 is 40.8 Å². The molecule has 0 aliphatic carbocycles. The number of rotatable bonds is 4. The maximum Gasteiger partial charge on any atom is 0.253 e. The first kappa shape index (κ1) is 18.7. The zero-order chi connectivity index (χ0) is 17.7. The van der Waals surface area contributed by atoms with Gasteiger partial charge in [0.1, 0.15) is 5.78 Å². The smallest absolute Gasteiger partial charge is 0.253 e. The summed E-state index contributed by atoms with van der Waals surface area (Å²) >= 11 is 11.8. The number of hydrogen-bond donors (Lipinski definition) is 0. The third-order valence-corrected chi connectivity index (χ3v) is 4.73. The van der Waals surface area contributed by atoms with Crippen molar-refractivity contribution in [3.8, 4) is 0 Å². The molecule has 7 heteroatoms. The molecule has 1 saturated heterocycles. The highest BCUT2D eigenvalue weighted by Gasteiger charge is 2.23. The van der Waals surface area contributed by atoms with E-state index in [1.807, 2.05) is 0 Å². The van der Waals surface area contributed by atoms with Gasteiger partial charge in [0.25, 0.3) is 5.91 Å². The molecule has 1 fully saturated rings. The van der Waals surface area contributed by atoms with Crippen molar-refractivity contribution in [2.24, 2.45) is 0 Å². The zero-order valence-corrected chi connectivity index (χ0v) is 15.1. The average molecular weight is 371 g/mol. The van der Waals surface area contributed by atoms with E-state index in [1.54, 1.807) is 28.0 Å². The van der Waals surface area contributed by atoms with Crippen molar-refractivity contribution in [1.82, 2.24) is 9.80 Å². The first-order valence-electron chi connectivity index (χ1n) is 7.90. The van der Waals surface area contributed by atoms with Crippen LogP contribution in [0, 0.1) is 0 Å². The Bertz CT molecular complexity index is 649. The van der Waals surface area contributed by atoms with Gasteiger partial charge in [0.05, 0.1) is 10.0 Å². The number of carbonyl (C=O) groups is 3. The minimum atomic E-state index is -0.119. The number of hydrogen-bond acceptors (Lipinski definition) is 3. The predicted molar refractivity (Wildman–Crippen MR) is 93.5 cm³/mol. The van der Waals surface area contributed by atoms with Crippen LogP contribution in [0.4, 0.5) is 0 Å². The Morgan fingerprint density at radius 1 is 0.958 bits per heavy atom. The highest BCUT2D eigenvalue weighted by atomic mass is 35.5. The highest BCUT2D eigenvalue weighted by Crippen LogP contribution is 2.23. The second kappa shape index (κ2) is 8.49. The Morgan fingerprint density at radius 2 is 1.62 bits per heavy atom. The second-order valence-electron chi connectivity index (χ2n) is 5.86. The standard InChI is InChI=1S/C17H20Cl2N2O3/c1-12(22)3-6-16(23)20-7-2-8-21(10-9-20)17(24)13-4-5-14(18)15(19)11-13/h4-5,11H,2-3,6-10H2,1H3.